The van der Waals surface area contributed by atoms with Gasteiger partial charge in [-0.05, 0) is 27.9 Å². The van der Waals surface area contributed by atoms with Crippen LogP contribution in [-0.2, 0) is 9.53 Å². The van der Waals surface area contributed by atoms with Crippen LogP contribution < -0.4 is 0 Å². The van der Waals surface area contributed by atoms with Crippen LogP contribution in [0.1, 0.15) is 19.4 Å². The van der Waals surface area contributed by atoms with Gasteiger partial charge in [0.25, 0.3) is 0 Å². The number of carbonyl (C=O) groups excluding carboxylic acids is 1. The topological polar surface area (TPSA) is 41.9 Å². The van der Waals surface area contributed by atoms with Crippen LogP contribution in [-0.4, -0.2) is 42.8 Å². The van der Waals surface area contributed by atoms with E-state index in [-0.39, 0.29) is 12.1 Å². The largest absolute Gasteiger partial charge is 0.465 e. The lowest BCUT2D eigenvalue weighted by molar-refractivity contribution is -0.154. The van der Waals surface area contributed by atoms with Gasteiger partial charge in [0.15, 0.2) is 0 Å². The molecule has 118 valence electrons. The van der Waals surface area contributed by atoms with Gasteiger partial charge < -0.3 is 4.74 Å². The lowest BCUT2D eigenvalue weighted by atomic mass is 9.85. The fourth-order valence-electron chi connectivity index (χ4n) is 2.48. The number of thioether (sulfide) groups is 1. The number of ether oxygens (including phenoxy) is 1. The highest BCUT2D eigenvalue weighted by Gasteiger charge is 2.49. The predicted molar refractivity (Wildman–Crippen MR) is 91.9 cm³/mol. The molecule has 1 aliphatic rings. The normalized spacial score (nSPS) is 25.0. The van der Waals surface area contributed by atoms with Crippen molar-refractivity contribution < 1.29 is 9.53 Å². The van der Waals surface area contributed by atoms with Gasteiger partial charge in [0.2, 0.25) is 0 Å². The lowest BCUT2D eigenvalue weighted by Crippen LogP contribution is -2.50. The van der Waals surface area contributed by atoms with E-state index in [1.807, 2.05) is 63.2 Å². The minimum atomic E-state index is -0.859. The molecule has 0 N–H and O–H groups in total. The predicted octanol–water partition coefficient (Wildman–Crippen LogP) is 3.15. The number of aliphatic imine (C=N–C) groups is 1. The van der Waals surface area contributed by atoms with Gasteiger partial charge >= 0.3 is 5.97 Å². The average molecular weight is 318 g/mol. The summed E-state index contributed by atoms with van der Waals surface area (Å²) in [4.78, 5) is 20.0. The van der Waals surface area contributed by atoms with Crippen molar-refractivity contribution in [3.8, 4) is 0 Å². The summed E-state index contributed by atoms with van der Waals surface area (Å²) in [6.07, 6.45) is -0.337. The van der Waals surface area contributed by atoms with Crippen LogP contribution in [0.3, 0.4) is 0 Å². The maximum absolute atomic E-state index is 12.5. The fraction of sp³-hybridized carbons (Fsp3) is 0.412. The van der Waals surface area contributed by atoms with Crippen molar-refractivity contribution in [3.63, 3.8) is 0 Å². The molecular formula is C17H22N2O2S. The number of hydrogen-bond acceptors (Lipinski definition) is 5. The van der Waals surface area contributed by atoms with Crippen LogP contribution in [0.2, 0.25) is 0 Å². The van der Waals surface area contributed by atoms with Crippen molar-refractivity contribution in [2.24, 2.45) is 10.4 Å². The molecular weight excluding hydrogens is 296 g/mol. The summed E-state index contributed by atoms with van der Waals surface area (Å²) in [5.41, 5.74) is 0.175. The average Bonchev–Trinajstić information content (AvgIpc) is 2.50. The highest BCUT2D eigenvalue weighted by molar-refractivity contribution is 8.17. The Morgan fingerprint density at radius 3 is 2.59 bits per heavy atom. The van der Waals surface area contributed by atoms with E-state index in [1.165, 1.54) is 11.8 Å². The Balaban J connectivity index is 2.46. The van der Waals surface area contributed by atoms with E-state index in [1.54, 1.807) is 0 Å². The first-order valence-corrected chi connectivity index (χ1v) is 8.07. The molecule has 0 saturated carbocycles. The molecule has 1 aromatic rings. The maximum atomic E-state index is 12.5. The zero-order valence-corrected chi connectivity index (χ0v) is 14.3. The van der Waals surface area contributed by atoms with Gasteiger partial charge in [0, 0.05) is 10.5 Å². The summed E-state index contributed by atoms with van der Waals surface area (Å²) >= 11 is 1.45. The quantitative estimate of drug-likeness (QED) is 0.800. The third kappa shape index (κ3) is 2.96. The highest BCUT2D eigenvalue weighted by Crippen LogP contribution is 2.46. The van der Waals surface area contributed by atoms with Gasteiger partial charge in [-0.25, -0.2) is 0 Å². The summed E-state index contributed by atoms with van der Waals surface area (Å²) in [5, 5.41) is 0.881. The first-order chi connectivity index (χ1) is 10.4. The van der Waals surface area contributed by atoms with Crippen molar-refractivity contribution >= 4 is 22.8 Å². The van der Waals surface area contributed by atoms with E-state index >= 15 is 0 Å². The highest BCUT2D eigenvalue weighted by atomic mass is 32.2. The summed E-state index contributed by atoms with van der Waals surface area (Å²) in [5.74, 6) is -0.276. The Labute approximate surface area is 136 Å². The molecule has 0 saturated heterocycles. The van der Waals surface area contributed by atoms with Gasteiger partial charge in [0.05, 0.1) is 6.61 Å². The molecule has 22 heavy (non-hydrogen) atoms. The van der Waals surface area contributed by atoms with Crippen LogP contribution in [0.4, 0.5) is 0 Å². The van der Waals surface area contributed by atoms with Crippen LogP contribution in [0, 0.1) is 5.41 Å². The minimum absolute atomic E-state index is 0.276. The molecule has 0 amide bonds. The summed E-state index contributed by atoms with van der Waals surface area (Å²) < 4.78 is 5.27. The minimum Gasteiger partial charge on any atom is -0.465 e. The molecule has 0 radical (unpaired) electrons. The van der Waals surface area contributed by atoms with E-state index in [9.17, 15) is 4.79 Å². The molecule has 1 aromatic carbocycles. The maximum Gasteiger partial charge on any atom is 0.320 e. The number of nitrogens with zero attached hydrogens (tertiary/aromatic N) is 2. The van der Waals surface area contributed by atoms with Crippen molar-refractivity contribution in [1.82, 2.24) is 4.90 Å². The number of esters is 1. The number of rotatable bonds is 4. The molecule has 0 aromatic heterocycles. The molecule has 0 bridgehead atoms. The molecule has 4 nitrogen and oxygen atoms in total. The monoisotopic (exact) mass is 318 g/mol. The zero-order valence-electron chi connectivity index (χ0n) is 13.5. The molecule has 0 spiro atoms. The van der Waals surface area contributed by atoms with Crippen molar-refractivity contribution in [1.29, 1.82) is 0 Å². The van der Waals surface area contributed by atoms with Gasteiger partial charge in [0.1, 0.15) is 16.6 Å². The van der Waals surface area contributed by atoms with Crippen molar-refractivity contribution in [3.05, 3.63) is 47.4 Å². The molecule has 1 aliphatic heterocycles. The molecule has 0 aliphatic carbocycles. The first-order valence-electron chi connectivity index (χ1n) is 7.25. The standard InChI is InChI=1S/C17H22N2O2S/c1-6-21-16(20)17(3)12(2)22-14(18-15(17)19(4)5)13-10-8-7-9-11-13/h7-11,15H,2,6H2,1,3-5H3. The Morgan fingerprint density at radius 2 is 2.05 bits per heavy atom. The van der Waals surface area contributed by atoms with E-state index < -0.39 is 5.41 Å². The van der Waals surface area contributed by atoms with Gasteiger partial charge in [-0.1, -0.05) is 48.7 Å². The Bertz CT molecular complexity index is 598. The summed E-state index contributed by atoms with van der Waals surface area (Å²) in [7, 11) is 3.83. The van der Waals surface area contributed by atoms with Gasteiger partial charge in [-0.3, -0.25) is 14.7 Å². The van der Waals surface area contributed by atoms with Crippen LogP contribution in [0.5, 0.6) is 0 Å². The molecule has 5 heteroatoms. The number of benzene rings is 1. The number of carbonyl (C=O) groups is 1. The first kappa shape index (κ1) is 16.8. The Kier molecular flexibility index (Phi) is 5.08. The fourth-order valence-corrected chi connectivity index (χ4v) is 3.52. The van der Waals surface area contributed by atoms with E-state index in [0.29, 0.717) is 6.61 Å². The zero-order chi connectivity index (χ0) is 16.3. The molecule has 2 unspecified atom stereocenters. The molecule has 2 rings (SSSR count). The Hall–Kier alpha value is -1.59. The third-order valence-corrected chi connectivity index (χ3v) is 4.97. The van der Waals surface area contributed by atoms with E-state index in [0.717, 1.165) is 15.5 Å². The molecule has 2 atom stereocenters. The SMILES string of the molecule is C=C1SC(c2ccccc2)=NC(N(C)C)C1(C)C(=O)OCC. The van der Waals surface area contributed by atoms with Gasteiger partial charge in [-0.15, -0.1) is 0 Å². The number of hydrogen-bond donors (Lipinski definition) is 0. The second kappa shape index (κ2) is 6.67. The molecule has 1 heterocycles. The Morgan fingerprint density at radius 1 is 1.41 bits per heavy atom. The van der Waals surface area contributed by atoms with Crippen LogP contribution in [0.25, 0.3) is 0 Å². The smallest absolute Gasteiger partial charge is 0.320 e. The second-order valence-electron chi connectivity index (χ2n) is 5.59. The van der Waals surface area contributed by atoms with Crippen LogP contribution in [0.15, 0.2) is 46.8 Å². The van der Waals surface area contributed by atoms with Crippen molar-refractivity contribution in [2.45, 2.75) is 20.0 Å². The summed E-state index contributed by atoms with van der Waals surface area (Å²) in [6, 6.07) is 9.95. The van der Waals surface area contributed by atoms with E-state index in [4.69, 9.17) is 9.73 Å². The van der Waals surface area contributed by atoms with Crippen molar-refractivity contribution in [2.75, 3.05) is 20.7 Å². The summed E-state index contributed by atoms with van der Waals surface area (Å²) in [6.45, 7) is 8.15. The van der Waals surface area contributed by atoms with Crippen LogP contribution >= 0.6 is 11.8 Å². The molecule has 0 fully saturated rings. The third-order valence-electron chi connectivity index (χ3n) is 3.76. The second-order valence-corrected chi connectivity index (χ2v) is 6.67. The van der Waals surface area contributed by atoms with Gasteiger partial charge in [-0.2, -0.15) is 0 Å². The van der Waals surface area contributed by atoms with E-state index in [2.05, 4.69) is 6.58 Å². The lowest BCUT2D eigenvalue weighted by Gasteiger charge is -2.41.